The van der Waals surface area contributed by atoms with Crippen LogP contribution in [0.25, 0.3) is 16.6 Å². The third-order valence-corrected chi connectivity index (χ3v) is 6.28. The van der Waals surface area contributed by atoms with Crippen molar-refractivity contribution in [3.63, 3.8) is 0 Å². The Bertz CT molecular complexity index is 1210. The number of piperidine rings is 1. The first-order valence-electron chi connectivity index (χ1n) is 9.37. The van der Waals surface area contributed by atoms with Crippen LogP contribution in [0.3, 0.4) is 0 Å². The molecule has 0 unspecified atom stereocenters. The summed E-state index contributed by atoms with van der Waals surface area (Å²) in [5.41, 5.74) is 3.93. The fourth-order valence-electron chi connectivity index (χ4n) is 3.83. The Kier molecular flexibility index (Phi) is 4.56. The van der Waals surface area contributed by atoms with Crippen molar-refractivity contribution in [2.45, 2.75) is 19.8 Å². The zero-order chi connectivity index (χ0) is 20.0. The van der Waals surface area contributed by atoms with Gasteiger partial charge in [0.1, 0.15) is 16.4 Å². The van der Waals surface area contributed by atoms with Crippen LogP contribution in [0.1, 0.15) is 18.5 Å². The van der Waals surface area contributed by atoms with Crippen LogP contribution < -0.4 is 10.2 Å². The molecule has 1 aromatic carbocycles. The zero-order valence-electron chi connectivity index (χ0n) is 15.7. The number of para-hydroxylation sites is 1. The van der Waals surface area contributed by atoms with Crippen LogP contribution in [-0.2, 0) is 4.79 Å². The molecule has 8 nitrogen and oxygen atoms in total. The molecule has 4 heterocycles. The quantitative estimate of drug-likeness (QED) is 0.538. The van der Waals surface area contributed by atoms with Crippen molar-refractivity contribution in [3.8, 4) is 0 Å². The highest BCUT2D eigenvalue weighted by Gasteiger charge is 2.29. The monoisotopic (exact) mass is 427 g/mol. The summed E-state index contributed by atoms with van der Waals surface area (Å²) in [7, 11) is 0. The van der Waals surface area contributed by atoms with Crippen molar-refractivity contribution in [2.24, 2.45) is 5.92 Å². The van der Waals surface area contributed by atoms with Gasteiger partial charge >= 0.3 is 0 Å². The summed E-state index contributed by atoms with van der Waals surface area (Å²) in [6.07, 6.45) is 1.73. The maximum atomic E-state index is 12.7. The summed E-state index contributed by atoms with van der Waals surface area (Å²) in [6, 6.07) is 8.01. The van der Waals surface area contributed by atoms with E-state index >= 15 is 0 Å². The molecule has 29 heavy (non-hydrogen) atoms. The first-order valence-corrected chi connectivity index (χ1v) is 10.6. The van der Waals surface area contributed by atoms with Gasteiger partial charge in [-0.1, -0.05) is 35.1 Å². The summed E-state index contributed by atoms with van der Waals surface area (Å²) in [6.45, 7) is 3.29. The lowest BCUT2D eigenvalue weighted by molar-refractivity contribution is -0.120. The first-order chi connectivity index (χ1) is 14.1. The van der Waals surface area contributed by atoms with E-state index in [0.29, 0.717) is 22.3 Å². The van der Waals surface area contributed by atoms with Gasteiger partial charge in [0.05, 0.1) is 17.1 Å². The van der Waals surface area contributed by atoms with Gasteiger partial charge in [0, 0.05) is 18.5 Å². The number of amides is 1. The fourth-order valence-corrected chi connectivity index (χ4v) is 4.44. The molecular formula is C19H18ClN7OS. The molecule has 1 aliphatic rings. The minimum atomic E-state index is -0.147. The molecule has 1 aliphatic heterocycles. The Balaban J connectivity index is 1.52. The van der Waals surface area contributed by atoms with Crippen molar-refractivity contribution in [2.75, 3.05) is 23.3 Å². The van der Waals surface area contributed by atoms with Crippen LogP contribution in [0.4, 0.5) is 10.9 Å². The van der Waals surface area contributed by atoms with Crippen LogP contribution in [0.2, 0.25) is 5.02 Å². The first kappa shape index (κ1) is 18.3. The second-order valence-corrected chi connectivity index (χ2v) is 8.32. The number of aryl methyl sites for hydroxylation is 1. The second kappa shape index (κ2) is 7.23. The van der Waals surface area contributed by atoms with Crippen molar-refractivity contribution in [1.82, 2.24) is 24.8 Å². The molecule has 1 saturated heterocycles. The number of nitrogens with one attached hydrogen (secondary N) is 1. The number of carbonyl (C=O) groups excluding carboxylic acids is 1. The molecule has 0 spiro atoms. The van der Waals surface area contributed by atoms with Crippen LogP contribution in [0.5, 0.6) is 0 Å². The van der Waals surface area contributed by atoms with Gasteiger partial charge in [-0.15, -0.1) is 10.2 Å². The third kappa shape index (κ3) is 3.20. The summed E-state index contributed by atoms with van der Waals surface area (Å²) in [4.78, 5) is 19.8. The SMILES string of the molecule is Cc1nn2c(nc(N3CCC[C@H](C(=O)Nc4nncs4)C3)c3ccccc32)c1Cl. The van der Waals surface area contributed by atoms with Crippen molar-refractivity contribution >= 4 is 56.3 Å². The van der Waals surface area contributed by atoms with E-state index < -0.39 is 0 Å². The maximum absolute atomic E-state index is 12.7. The van der Waals surface area contributed by atoms with Crippen molar-refractivity contribution in [1.29, 1.82) is 0 Å². The number of hydrogen-bond donors (Lipinski definition) is 1. The number of benzene rings is 1. The van der Waals surface area contributed by atoms with Gasteiger partial charge in [0.2, 0.25) is 11.0 Å². The predicted molar refractivity (Wildman–Crippen MR) is 114 cm³/mol. The molecule has 0 radical (unpaired) electrons. The van der Waals surface area contributed by atoms with Gasteiger partial charge in [0.15, 0.2) is 5.65 Å². The number of halogens is 1. The van der Waals surface area contributed by atoms with Crippen molar-refractivity contribution in [3.05, 3.63) is 40.5 Å². The number of nitrogens with zero attached hydrogens (tertiary/aromatic N) is 6. The number of hydrogen-bond acceptors (Lipinski definition) is 7. The molecule has 0 aliphatic carbocycles. The molecule has 1 atom stereocenters. The minimum absolute atomic E-state index is 0.0323. The zero-order valence-corrected chi connectivity index (χ0v) is 17.2. The Labute approximate surface area is 175 Å². The van der Waals surface area contributed by atoms with Crippen LogP contribution >= 0.6 is 22.9 Å². The topological polar surface area (TPSA) is 88.3 Å². The second-order valence-electron chi connectivity index (χ2n) is 7.11. The summed E-state index contributed by atoms with van der Waals surface area (Å²) < 4.78 is 1.79. The minimum Gasteiger partial charge on any atom is -0.355 e. The molecule has 0 bridgehead atoms. The fraction of sp³-hybridized carbons (Fsp3) is 0.316. The van der Waals surface area contributed by atoms with E-state index in [1.807, 2.05) is 31.2 Å². The van der Waals surface area contributed by atoms with Crippen LogP contribution in [-0.4, -0.2) is 43.8 Å². The normalized spacial score (nSPS) is 17.2. The summed E-state index contributed by atoms with van der Waals surface area (Å²) in [5.74, 6) is 0.657. The maximum Gasteiger partial charge on any atom is 0.231 e. The molecule has 1 fully saturated rings. The lowest BCUT2D eigenvalue weighted by atomic mass is 9.97. The highest BCUT2D eigenvalue weighted by atomic mass is 35.5. The van der Waals surface area contributed by atoms with Crippen LogP contribution in [0.15, 0.2) is 29.8 Å². The van der Waals surface area contributed by atoms with Gasteiger partial charge in [-0.25, -0.2) is 9.50 Å². The van der Waals surface area contributed by atoms with Gasteiger partial charge in [-0.05, 0) is 31.9 Å². The van der Waals surface area contributed by atoms with Crippen molar-refractivity contribution < 1.29 is 4.79 Å². The van der Waals surface area contributed by atoms with E-state index in [2.05, 4.69) is 25.5 Å². The number of aromatic nitrogens is 5. The average Bonchev–Trinajstić information content (AvgIpc) is 3.36. The lowest BCUT2D eigenvalue weighted by Crippen LogP contribution is -2.41. The van der Waals surface area contributed by atoms with Gasteiger partial charge in [-0.2, -0.15) is 5.10 Å². The van der Waals surface area contributed by atoms with E-state index in [9.17, 15) is 4.79 Å². The highest BCUT2D eigenvalue weighted by Crippen LogP contribution is 2.32. The Morgan fingerprint density at radius 3 is 3.03 bits per heavy atom. The standard InChI is InChI=1S/C19H18ClN7OS/c1-11-15(20)17-22-16(13-6-2-3-7-14(13)27(17)25-11)26-8-4-5-12(9-26)18(28)23-19-24-21-10-29-19/h2-3,6-7,10,12H,4-5,8-9H2,1H3,(H,23,24,28)/t12-/m0/s1. The smallest absolute Gasteiger partial charge is 0.231 e. The van der Waals surface area contributed by atoms with E-state index in [-0.39, 0.29) is 11.8 Å². The van der Waals surface area contributed by atoms with Crippen LogP contribution in [0, 0.1) is 12.8 Å². The molecule has 1 amide bonds. The molecule has 148 valence electrons. The molecule has 3 aromatic heterocycles. The van der Waals surface area contributed by atoms with E-state index in [0.717, 1.165) is 41.8 Å². The van der Waals surface area contributed by atoms with E-state index in [1.54, 1.807) is 10.0 Å². The lowest BCUT2D eigenvalue weighted by Gasteiger charge is -2.33. The molecule has 1 N–H and O–H groups in total. The Morgan fingerprint density at radius 1 is 1.34 bits per heavy atom. The molecule has 10 heteroatoms. The molecule has 5 rings (SSSR count). The molecule has 0 saturated carbocycles. The van der Waals surface area contributed by atoms with Gasteiger partial charge in [-0.3, -0.25) is 4.79 Å². The molecule has 4 aromatic rings. The predicted octanol–water partition coefficient (Wildman–Crippen LogP) is 3.55. The largest absolute Gasteiger partial charge is 0.355 e. The number of rotatable bonds is 3. The Hall–Kier alpha value is -2.78. The average molecular weight is 428 g/mol. The number of anilines is 2. The Morgan fingerprint density at radius 2 is 2.21 bits per heavy atom. The number of carbonyl (C=O) groups is 1. The third-order valence-electron chi connectivity index (χ3n) is 5.23. The van der Waals surface area contributed by atoms with E-state index in [4.69, 9.17) is 16.6 Å². The number of fused-ring (bicyclic) bond motifs is 3. The van der Waals surface area contributed by atoms with Gasteiger partial charge < -0.3 is 10.2 Å². The highest BCUT2D eigenvalue weighted by molar-refractivity contribution is 7.13. The molecular weight excluding hydrogens is 410 g/mol. The summed E-state index contributed by atoms with van der Waals surface area (Å²) >= 11 is 7.79. The van der Waals surface area contributed by atoms with Gasteiger partial charge in [0.25, 0.3) is 0 Å². The van der Waals surface area contributed by atoms with E-state index in [1.165, 1.54) is 11.3 Å². The summed E-state index contributed by atoms with van der Waals surface area (Å²) in [5, 5.41) is 17.1.